The van der Waals surface area contributed by atoms with Gasteiger partial charge < -0.3 is 10.6 Å². The fourth-order valence-electron chi connectivity index (χ4n) is 2.72. The fraction of sp³-hybridized carbons (Fsp3) is 0.400. The molecular weight excluding hydrogens is 222 g/mol. The van der Waals surface area contributed by atoms with Crippen molar-refractivity contribution in [1.29, 1.82) is 0 Å². The van der Waals surface area contributed by atoms with Crippen LogP contribution in [0.1, 0.15) is 18.4 Å². The van der Waals surface area contributed by atoms with E-state index in [0.29, 0.717) is 6.04 Å². The highest BCUT2D eigenvalue weighted by molar-refractivity contribution is 5.95. The van der Waals surface area contributed by atoms with Gasteiger partial charge in [0.25, 0.3) is 0 Å². The summed E-state index contributed by atoms with van der Waals surface area (Å²) in [5.74, 6) is 0. The van der Waals surface area contributed by atoms with Crippen molar-refractivity contribution in [3.63, 3.8) is 0 Å². The van der Waals surface area contributed by atoms with Crippen molar-refractivity contribution in [1.82, 2.24) is 10.3 Å². The van der Waals surface area contributed by atoms with Gasteiger partial charge in [-0.1, -0.05) is 12.1 Å². The number of hydrogen-bond donors (Lipinski definition) is 2. The first-order valence-electron chi connectivity index (χ1n) is 6.65. The molecule has 1 aromatic carbocycles. The zero-order valence-electron chi connectivity index (χ0n) is 10.7. The van der Waals surface area contributed by atoms with Gasteiger partial charge in [0.1, 0.15) is 0 Å². The first-order chi connectivity index (χ1) is 8.84. The number of aromatic nitrogens is 1. The third kappa shape index (κ3) is 2.18. The molecule has 0 atom stereocenters. The summed E-state index contributed by atoms with van der Waals surface area (Å²) in [6.07, 6.45) is 6.27. The van der Waals surface area contributed by atoms with E-state index in [0.717, 1.165) is 13.1 Å². The lowest BCUT2D eigenvalue weighted by Crippen LogP contribution is -2.35. The van der Waals surface area contributed by atoms with E-state index in [1.54, 1.807) is 0 Å². The first kappa shape index (κ1) is 11.5. The van der Waals surface area contributed by atoms with Gasteiger partial charge in [0.05, 0.1) is 0 Å². The van der Waals surface area contributed by atoms with E-state index < -0.39 is 0 Å². The monoisotopic (exact) mass is 241 g/mol. The van der Waals surface area contributed by atoms with E-state index in [1.807, 2.05) is 12.4 Å². The molecule has 0 bridgehead atoms. The Morgan fingerprint density at radius 2 is 2.06 bits per heavy atom. The van der Waals surface area contributed by atoms with Crippen LogP contribution in [0, 0.1) is 6.92 Å². The van der Waals surface area contributed by atoms with Crippen molar-refractivity contribution >= 4 is 16.5 Å². The molecule has 3 rings (SSSR count). The summed E-state index contributed by atoms with van der Waals surface area (Å²) in [6.45, 7) is 4.36. The van der Waals surface area contributed by atoms with Crippen LogP contribution in [-0.2, 0) is 0 Å². The van der Waals surface area contributed by atoms with E-state index in [9.17, 15) is 0 Å². The maximum absolute atomic E-state index is 4.26. The molecule has 3 nitrogen and oxygen atoms in total. The smallest absolute Gasteiger partial charge is 0.0425 e. The van der Waals surface area contributed by atoms with Gasteiger partial charge in [-0.05, 0) is 44.5 Å². The number of nitrogens with one attached hydrogen (secondary N) is 2. The predicted octanol–water partition coefficient (Wildman–Crippen LogP) is 2.71. The predicted molar refractivity (Wildman–Crippen MR) is 76.0 cm³/mol. The molecule has 1 saturated heterocycles. The number of aryl methyl sites for hydroxylation is 1. The molecule has 94 valence electrons. The lowest BCUT2D eigenvalue weighted by Gasteiger charge is -2.25. The minimum absolute atomic E-state index is 0.587. The Morgan fingerprint density at radius 1 is 1.22 bits per heavy atom. The van der Waals surface area contributed by atoms with E-state index in [2.05, 4.69) is 40.7 Å². The summed E-state index contributed by atoms with van der Waals surface area (Å²) in [5, 5.41) is 9.62. The normalized spacial score (nSPS) is 16.9. The average molecular weight is 241 g/mol. The van der Waals surface area contributed by atoms with Gasteiger partial charge in [-0.15, -0.1) is 0 Å². The maximum atomic E-state index is 4.26. The second-order valence-electron chi connectivity index (χ2n) is 5.03. The number of piperidine rings is 1. The van der Waals surface area contributed by atoms with Crippen LogP contribution >= 0.6 is 0 Å². The third-order valence-electron chi connectivity index (χ3n) is 3.67. The minimum atomic E-state index is 0.587. The van der Waals surface area contributed by atoms with Crippen molar-refractivity contribution in [3.8, 4) is 0 Å². The van der Waals surface area contributed by atoms with E-state index in [4.69, 9.17) is 0 Å². The molecule has 0 saturated carbocycles. The molecule has 3 heteroatoms. The molecule has 1 fully saturated rings. The molecular formula is C15H19N3. The standard InChI is InChI=1S/C15H19N3/c1-11-9-17-10-12-3-2-4-14(15(11)12)18-13-5-7-16-8-6-13/h2-4,9-10,13,16,18H,5-8H2,1H3. The summed E-state index contributed by atoms with van der Waals surface area (Å²) in [6, 6.07) is 7.00. The molecule has 18 heavy (non-hydrogen) atoms. The van der Waals surface area contributed by atoms with E-state index >= 15 is 0 Å². The second-order valence-corrected chi connectivity index (χ2v) is 5.03. The van der Waals surface area contributed by atoms with Crippen LogP contribution in [0.2, 0.25) is 0 Å². The van der Waals surface area contributed by atoms with Gasteiger partial charge in [-0.2, -0.15) is 0 Å². The SMILES string of the molecule is Cc1cncc2cccc(NC3CCNCC3)c12. The molecule has 0 radical (unpaired) electrons. The van der Waals surface area contributed by atoms with Crippen molar-refractivity contribution < 1.29 is 0 Å². The first-order valence-corrected chi connectivity index (χ1v) is 6.65. The summed E-state index contributed by atoms with van der Waals surface area (Å²) in [7, 11) is 0. The van der Waals surface area contributed by atoms with Gasteiger partial charge in [0.2, 0.25) is 0 Å². The van der Waals surface area contributed by atoms with E-state index in [-0.39, 0.29) is 0 Å². The third-order valence-corrected chi connectivity index (χ3v) is 3.67. The zero-order valence-corrected chi connectivity index (χ0v) is 10.7. The Labute approximate surface area is 108 Å². The molecule has 2 N–H and O–H groups in total. The van der Waals surface area contributed by atoms with Crippen molar-refractivity contribution in [2.75, 3.05) is 18.4 Å². The number of pyridine rings is 1. The van der Waals surface area contributed by atoms with E-state index in [1.165, 1.54) is 34.9 Å². The van der Waals surface area contributed by atoms with Gasteiger partial charge >= 0.3 is 0 Å². The van der Waals surface area contributed by atoms with Gasteiger partial charge in [0.15, 0.2) is 0 Å². The van der Waals surface area contributed by atoms with Crippen LogP contribution in [0.25, 0.3) is 10.8 Å². The van der Waals surface area contributed by atoms with Crippen LogP contribution in [0.3, 0.4) is 0 Å². The fourth-order valence-corrected chi connectivity index (χ4v) is 2.72. The highest BCUT2D eigenvalue weighted by Crippen LogP contribution is 2.27. The molecule has 2 aromatic rings. The second kappa shape index (κ2) is 4.94. The summed E-state index contributed by atoms with van der Waals surface area (Å²) < 4.78 is 0. The van der Waals surface area contributed by atoms with Crippen LogP contribution in [0.5, 0.6) is 0 Å². The molecule has 1 aromatic heterocycles. The minimum Gasteiger partial charge on any atom is -0.382 e. The van der Waals surface area contributed by atoms with Gasteiger partial charge in [-0.3, -0.25) is 4.98 Å². The molecule has 2 heterocycles. The lowest BCUT2D eigenvalue weighted by molar-refractivity contribution is 0.479. The van der Waals surface area contributed by atoms with Crippen LogP contribution in [0.4, 0.5) is 5.69 Å². The largest absolute Gasteiger partial charge is 0.382 e. The van der Waals surface area contributed by atoms with Crippen LogP contribution in [-0.4, -0.2) is 24.1 Å². The number of rotatable bonds is 2. The topological polar surface area (TPSA) is 37.0 Å². The highest BCUT2D eigenvalue weighted by atomic mass is 15.0. The number of anilines is 1. The molecule has 0 spiro atoms. The number of nitrogens with zero attached hydrogens (tertiary/aromatic N) is 1. The van der Waals surface area contributed by atoms with Gasteiger partial charge in [-0.25, -0.2) is 0 Å². The Bertz CT molecular complexity index is 539. The van der Waals surface area contributed by atoms with Crippen LogP contribution < -0.4 is 10.6 Å². The number of benzene rings is 1. The average Bonchev–Trinajstić information content (AvgIpc) is 2.40. The Balaban J connectivity index is 1.95. The van der Waals surface area contributed by atoms with Crippen LogP contribution in [0.15, 0.2) is 30.6 Å². The number of fused-ring (bicyclic) bond motifs is 1. The van der Waals surface area contributed by atoms with Gasteiger partial charge in [0, 0.05) is 34.9 Å². The van der Waals surface area contributed by atoms with Crippen molar-refractivity contribution in [3.05, 3.63) is 36.2 Å². The van der Waals surface area contributed by atoms with Crippen molar-refractivity contribution in [2.24, 2.45) is 0 Å². The number of hydrogen-bond acceptors (Lipinski definition) is 3. The summed E-state index contributed by atoms with van der Waals surface area (Å²) in [4.78, 5) is 4.26. The molecule has 1 aliphatic rings. The van der Waals surface area contributed by atoms with Crippen molar-refractivity contribution in [2.45, 2.75) is 25.8 Å². The Hall–Kier alpha value is -1.61. The lowest BCUT2D eigenvalue weighted by atomic mass is 10.0. The highest BCUT2D eigenvalue weighted by Gasteiger charge is 2.14. The molecule has 1 aliphatic heterocycles. The maximum Gasteiger partial charge on any atom is 0.0425 e. The Morgan fingerprint density at radius 3 is 2.89 bits per heavy atom. The molecule has 0 unspecified atom stereocenters. The zero-order chi connectivity index (χ0) is 12.4. The molecule has 0 amide bonds. The Kier molecular flexibility index (Phi) is 3.15. The summed E-state index contributed by atoms with van der Waals surface area (Å²) in [5.41, 5.74) is 2.49. The molecule has 0 aliphatic carbocycles. The summed E-state index contributed by atoms with van der Waals surface area (Å²) >= 11 is 0. The quantitative estimate of drug-likeness (QED) is 0.849.